The van der Waals surface area contributed by atoms with Crippen LogP contribution in [0.4, 0.5) is 11.4 Å². The van der Waals surface area contributed by atoms with Crippen LogP contribution >= 0.6 is 11.6 Å². The molecule has 1 aliphatic carbocycles. The molecule has 3 nitrogen and oxygen atoms in total. The summed E-state index contributed by atoms with van der Waals surface area (Å²) in [5, 5.41) is 5.65. The molecule has 4 rings (SSSR count). The van der Waals surface area contributed by atoms with E-state index in [1.807, 2.05) is 32.9 Å². The van der Waals surface area contributed by atoms with Gasteiger partial charge in [0.25, 0.3) is 0 Å². The molecule has 0 bridgehead atoms. The van der Waals surface area contributed by atoms with E-state index in [0.29, 0.717) is 6.54 Å². The first kappa shape index (κ1) is 19.8. The molecule has 0 aliphatic heterocycles. The SMILES string of the molecule is CC.Cc1ccc(Nc2ccc3c(c2)c2c(n3CCN)CCCC2)cc1Cl. The van der Waals surface area contributed by atoms with Crippen molar-refractivity contribution in [3.63, 3.8) is 0 Å². The maximum absolute atomic E-state index is 6.25. The van der Waals surface area contributed by atoms with E-state index in [0.717, 1.165) is 28.5 Å². The zero-order valence-corrected chi connectivity index (χ0v) is 17.4. The van der Waals surface area contributed by atoms with Crippen molar-refractivity contribution in [2.75, 3.05) is 11.9 Å². The van der Waals surface area contributed by atoms with Gasteiger partial charge in [-0.15, -0.1) is 0 Å². The number of hydrogen-bond donors (Lipinski definition) is 2. The molecule has 0 spiro atoms. The second kappa shape index (κ2) is 8.81. The second-order valence-corrected chi connectivity index (χ2v) is 7.30. The van der Waals surface area contributed by atoms with Crippen molar-refractivity contribution in [1.82, 2.24) is 4.57 Å². The van der Waals surface area contributed by atoms with Crippen LogP contribution in [0.3, 0.4) is 0 Å². The lowest BCUT2D eigenvalue weighted by molar-refractivity contribution is 0.617. The van der Waals surface area contributed by atoms with E-state index < -0.39 is 0 Å². The number of fused-ring (bicyclic) bond motifs is 3. The quantitative estimate of drug-likeness (QED) is 0.562. The van der Waals surface area contributed by atoms with Crippen molar-refractivity contribution in [1.29, 1.82) is 0 Å². The van der Waals surface area contributed by atoms with Gasteiger partial charge in [0.05, 0.1) is 0 Å². The maximum Gasteiger partial charge on any atom is 0.0487 e. The Morgan fingerprint density at radius 2 is 1.74 bits per heavy atom. The van der Waals surface area contributed by atoms with E-state index in [4.69, 9.17) is 17.3 Å². The molecule has 0 saturated heterocycles. The summed E-state index contributed by atoms with van der Waals surface area (Å²) in [6, 6.07) is 12.7. The molecule has 2 aromatic carbocycles. The van der Waals surface area contributed by atoms with Crippen molar-refractivity contribution in [3.8, 4) is 0 Å². The van der Waals surface area contributed by atoms with Crippen LogP contribution in [-0.4, -0.2) is 11.1 Å². The van der Waals surface area contributed by atoms with Crippen LogP contribution in [0.5, 0.6) is 0 Å². The molecular weight excluding hydrogens is 354 g/mol. The Balaban J connectivity index is 0.00000102. The summed E-state index contributed by atoms with van der Waals surface area (Å²) in [5.41, 5.74) is 13.4. The lowest BCUT2D eigenvalue weighted by atomic mass is 9.95. The molecule has 0 atom stereocenters. The molecule has 3 N–H and O–H groups in total. The zero-order valence-electron chi connectivity index (χ0n) is 16.6. The Hall–Kier alpha value is -1.97. The van der Waals surface area contributed by atoms with Gasteiger partial charge in [-0.2, -0.15) is 0 Å². The Labute approximate surface area is 167 Å². The summed E-state index contributed by atoms with van der Waals surface area (Å²) in [6.45, 7) is 7.59. The number of aromatic nitrogens is 1. The van der Waals surface area contributed by atoms with Crippen LogP contribution in [0.1, 0.15) is 43.5 Å². The first-order chi connectivity index (χ1) is 13.2. The topological polar surface area (TPSA) is 43.0 Å². The van der Waals surface area contributed by atoms with Crippen LogP contribution in [0, 0.1) is 6.92 Å². The van der Waals surface area contributed by atoms with Gasteiger partial charge in [0, 0.05) is 46.1 Å². The molecule has 1 aromatic heterocycles. The molecule has 1 heterocycles. The number of rotatable bonds is 4. The van der Waals surface area contributed by atoms with Crippen LogP contribution in [0.15, 0.2) is 36.4 Å². The monoisotopic (exact) mass is 383 g/mol. The lowest BCUT2D eigenvalue weighted by Crippen LogP contribution is -2.14. The Morgan fingerprint density at radius 3 is 2.48 bits per heavy atom. The third kappa shape index (κ3) is 3.99. The fraction of sp³-hybridized carbons (Fsp3) is 0.391. The van der Waals surface area contributed by atoms with Crippen LogP contribution in [-0.2, 0) is 19.4 Å². The summed E-state index contributed by atoms with van der Waals surface area (Å²) in [5.74, 6) is 0. The largest absolute Gasteiger partial charge is 0.355 e. The van der Waals surface area contributed by atoms with Gasteiger partial charge in [0.15, 0.2) is 0 Å². The van der Waals surface area contributed by atoms with Gasteiger partial charge in [-0.05, 0) is 74.1 Å². The van der Waals surface area contributed by atoms with Gasteiger partial charge in [-0.25, -0.2) is 0 Å². The summed E-state index contributed by atoms with van der Waals surface area (Å²) in [4.78, 5) is 0. The van der Waals surface area contributed by atoms with Crippen molar-refractivity contribution >= 4 is 33.9 Å². The normalized spacial score (nSPS) is 13.1. The smallest absolute Gasteiger partial charge is 0.0487 e. The van der Waals surface area contributed by atoms with Crippen molar-refractivity contribution in [2.24, 2.45) is 5.73 Å². The summed E-state index contributed by atoms with van der Waals surface area (Å²) >= 11 is 6.25. The highest BCUT2D eigenvalue weighted by atomic mass is 35.5. The molecule has 144 valence electrons. The Morgan fingerprint density at radius 1 is 1.04 bits per heavy atom. The van der Waals surface area contributed by atoms with Crippen LogP contribution in [0.25, 0.3) is 10.9 Å². The molecule has 1 aliphatic rings. The number of benzene rings is 2. The first-order valence-electron chi connectivity index (χ1n) is 10.0. The van der Waals surface area contributed by atoms with Crippen molar-refractivity contribution in [2.45, 2.75) is 53.0 Å². The van der Waals surface area contributed by atoms with Gasteiger partial charge in [0.2, 0.25) is 0 Å². The highest BCUT2D eigenvalue weighted by molar-refractivity contribution is 6.31. The predicted octanol–water partition coefficient (Wildman–Crippen LogP) is 6.21. The Kier molecular flexibility index (Phi) is 6.46. The van der Waals surface area contributed by atoms with Crippen LogP contribution < -0.4 is 11.1 Å². The fourth-order valence-corrected chi connectivity index (χ4v) is 4.12. The number of nitrogens with two attached hydrogens (primary N) is 1. The van der Waals surface area contributed by atoms with Gasteiger partial charge in [-0.3, -0.25) is 0 Å². The average molecular weight is 384 g/mol. The van der Waals surface area contributed by atoms with E-state index in [1.165, 1.54) is 47.8 Å². The second-order valence-electron chi connectivity index (χ2n) is 6.89. The van der Waals surface area contributed by atoms with Crippen LogP contribution in [0.2, 0.25) is 5.02 Å². The van der Waals surface area contributed by atoms with Crippen molar-refractivity contribution < 1.29 is 0 Å². The average Bonchev–Trinajstić information content (AvgIpc) is 3.00. The number of aryl methyl sites for hydroxylation is 2. The molecule has 3 aromatic rings. The van der Waals surface area contributed by atoms with Gasteiger partial charge >= 0.3 is 0 Å². The van der Waals surface area contributed by atoms with E-state index in [9.17, 15) is 0 Å². The fourth-order valence-electron chi connectivity index (χ4n) is 3.94. The number of anilines is 2. The summed E-state index contributed by atoms with van der Waals surface area (Å²) in [6.07, 6.45) is 4.89. The molecule has 27 heavy (non-hydrogen) atoms. The van der Waals surface area contributed by atoms with Crippen molar-refractivity contribution in [3.05, 3.63) is 58.2 Å². The number of halogens is 1. The zero-order chi connectivity index (χ0) is 19.4. The third-order valence-electron chi connectivity index (χ3n) is 5.19. The molecule has 4 heteroatoms. The lowest BCUT2D eigenvalue weighted by Gasteiger charge is -2.15. The van der Waals surface area contributed by atoms with Gasteiger partial charge in [-0.1, -0.05) is 31.5 Å². The van der Waals surface area contributed by atoms with E-state index in [-0.39, 0.29) is 0 Å². The third-order valence-corrected chi connectivity index (χ3v) is 5.60. The number of nitrogens with one attached hydrogen (secondary N) is 1. The predicted molar refractivity (Wildman–Crippen MR) is 118 cm³/mol. The minimum atomic E-state index is 0.679. The number of hydrogen-bond acceptors (Lipinski definition) is 2. The highest BCUT2D eigenvalue weighted by Crippen LogP contribution is 2.34. The standard InChI is InChI=1S/C21H24ClN3.C2H6/c1-14-6-7-16(13-19(14)22)24-15-8-9-21-18(12-15)17-4-2-3-5-20(17)25(21)11-10-23;1-2/h6-9,12-13,24H,2-5,10-11,23H2,1H3;1-2H3. The van der Waals surface area contributed by atoms with E-state index in [1.54, 1.807) is 0 Å². The highest BCUT2D eigenvalue weighted by Gasteiger charge is 2.19. The van der Waals surface area contributed by atoms with E-state index >= 15 is 0 Å². The van der Waals surface area contributed by atoms with Gasteiger partial charge < -0.3 is 15.6 Å². The molecular formula is C23H30ClN3. The molecule has 0 amide bonds. The molecule has 0 radical (unpaired) electrons. The molecule has 0 saturated carbocycles. The molecule has 0 fully saturated rings. The minimum Gasteiger partial charge on any atom is -0.355 e. The Bertz CT molecular complexity index is 927. The number of nitrogens with zero attached hydrogens (tertiary/aromatic N) is 1. The minimum absolute atomic E-state index is 0.679. The summed E-state index contributed by atoms with van der Waals surface area (Å²) in [7, 11) is 0. The van der Waals surface area contributed by atoms with E-state index in [2.05, 4.69) is 34.1 Å². The molecule has 0 unspecified atom stereocenters. The first-order valence-corrected chi connectivity index (χ1v) is 10.4. The van der Waals surface area contributed by atoms with Gasteiger partial charge in [0.1, 0.15) is 0 Å². The maximum atomic E-state index is 6.25. The summed E-state index contributed by atoms with van der Waals surface area (Å²) < 4.78 is 2.43.